The van der Waals surface area contributed by atoms with Crippen molar-refractivity contribution in [2.75, 3.05) is 39.5 Å². The van der Waals surface area contributed by atoms with Crippen LogP contribution in [0, 0.1) is 0 Å². The summed E-state index contributed by atoms with van der Waals surface area (Å²) in [5, 5.41) is 13.0. The fraction of sp³-hybridized carbons (Fsp3) is 1.00. The monoisotopic (exact) mass is 280 g/mol. The van der Waals surface area contributed by atoms with Gasteiger partial charge in [-0.3, -0.25) is 0 Å². The summed E-state index contributed by atoms with van der Waals surface area (Å²) in [5.41, 5.74) is -0.852. The Morgan fingerprint density at radius 1 is 1.17 bits per heavy atom. The Balaban J connectivity index is 4.09. The van der Waals surface area contributed by atoms with Gasteiger partial charge in [0, 0.05) is 19.6 Å². The third-order valence-corrected chi connectivity index (χ3v) is 5.25. The standard InChI is InChI=1S/C12H28N2O3S/c1-11(2,3)18(16,17)8-7-13-9-12(4,15)10-14(5)6/h13,15H,7-10H2,1-6H3. The van der Waals surface area contributed by atoms with Crippen LogP contribution in [0.1, 0.15) is 27.7 Å². The molecular formula is C12H28N2O3S. The molecule has 1 unspecified atom stereocenters. The van der Waals surface area contributed by atoms with E-state index in [0.717, 1.165) is 0 Å². The normalized spacial score (nSPS) is 16.9. The second-order valence-electron chi connectivity index (χ2n) is 6.34. The Morgan fingerprint density at radius 2 is 1.67 bits per heavy atom. The van der Waals surface area contributed by atoms with Crippen molar-refractivity contribution >= 4 is 9.84 Å². The second kappa shape index (κ2) is 6.32. The van der Waals surface area contributed by atoms with Crippen molar-refractivity contribution in [2.24, 2.45) is 0 Å². The first kappa shape index (κ1) is 17.8. The summed E-state index contributed by atoms with van der Waals surface area (Å²) in [6.07, 6.45) is 0. The van der Waals surface area contributed by atoms with Gasteiger partial charge >= 0.3 is 0 Å². The Kier molecular flexibility index (Phi) is 6.26. The van der Waals surface area contributed by atoms with Crippen LogP contribution in [0.15, 0.2) is 0 Å². The molecule has 0 amide bonds. The molecule has 0 aromatic carbocycles. The van der Waals surface area contributed by atoms with E-state index in [9.17, 15) is 13.5 Å². The lowest BCUT2D eigenvalue weighted by Gasteiger charge is -2.27. The minimum absolute atomic E-state index is 0.0918. The van der Waals surface area contributed by atoms with E-state index in [-0.39, 0.29) is 5.75 Å². The van der Waals surface area contributed by atoms with Crippen LogP contribution in [0.4, 0.5) is 0 Å². The molecule has 0 rings (SSSR count). The van der Waals surface area contributed by atoms with Gasteiger partial charge < -0.3 is 15.3 Å². The van der Waals surface area contributed by atoms with Crippen LogP contribution >= 0.6 is 0 Å². The van der Waals surface area contributed by atoms with Crippen molar-refractivity contribution in [1.82, 2.24) is 10.2 Å². The van der Waals surface area contributed by atoms with E-state index < -0.39 is 20.2 Å². The highest BCUT2D eigenvalue weighted by molar-refractivity contribution is 7.92. The summed E-state index contributed by atoms with van der Waals surface area (Å²) in [7, 11) is 0.682. The number of likely N-dealkylation sites (N-methyl/N-ethyl adjacent to an activating group) is 1. The van der Waals surface area contributed by atoms with Crippen molar-refractivity contribution in [1.29, 1.82) is 0 Å². The van der Waals surface area contributed by atoms with Crippen LogP contribution in [0.3, 0.4) is 0 Å². The molecule has 110 valence electrons. The molecule has 0 spiro atoms. The van der Waals surface area contributed by atoms with Gasteiger partial charge in [-0.1, -0.05) is 0 Å². The van der Waals surface area contributed by atoms with Crippen molar-refractivity contribution in [3.8, 4) is 0 Å². The molecule has 2 N–H and O–H groups in total. The maximum atomic E-state index is 11.8. The molecule has 5 nitrogen and oxygen atoms in total. The maximum absolute atomic E-state index is 11.8. The highest BCUT2D eigenvalue weighted by Crippen LogP contribution is 2.15. The maximum Gasteiger partial charge on any atom is 0.156 e. The van der Waals surface area contributed by atoms with Crippen molar-refractivity contribution in [3.63, 3.8) is 0 Å². The number of nitrogens with zero attached hydrogens (tertiary/aromatic N) is 1. The Hall–Kier alpha value is -0.170. The molecule has 0 fully saturated rings. The minimum Gasteiger partial charge on any atom is -0.388 e. The zero-order valence-corrected chi connectivity index (χ0v) is 13.3. The summed E-state index contributed by atoms with van der Waals surface area (Å²) in [6, 6.07) is 0. The molecule has 0 aromatic rings. The van der Waals surface area contributed by atoms with Crippen molar-refractivity contribution in [3.05, 3.63) is 0 Å². The molecule has 6 heteroatoms. The summed E-state index contributed by atoms with van der Waals surface area (Å²) < 4.78 is 23.0. The van der Waals surface area contributed by atoms with E-state index in [2.05, 4.69) is 5.32 Å². The summed E-state index contributed by atoms with van der Waals surface area (Å²) >= 11 is 0. The first-order chi connectivity index (χ1) is 7.87. The number of nitrogens with one attached hydrogen (secondary N) is 1. The predicted molar refractivity (Wildman–Crippen MR) is 75.6 cm³/mol. The van der Waals surface area contributed by atoms with Crippen LogP contribution in [-0.2, 0) is 9.84 Å². The van der Waals surface area contributed by atoms with E-state index in [1.54, 1.807) is 27.7 Å². The topological polar surface area (TPSA) is 69.6 Å². The van der Waals surface area contributed by atoms with E-state index in [1.807, 2.05) is 19.0 Å². The summed E-state index contributed by atoms with van der Waals surface area (Å²) in [4.78, 5) is 1.90. The van der Waals surface area contributed by atoms with Crippen LogP contribution in [0.5, 0.6) is 0 Å². The van der Waals surface area contributed by atoms with Gasteiger partial charge in [0.05, 0.1) is 16.1 Å². The molecule has 0 saturated heterocycles. The van der Waals surface area contributed by atoms with Gasteiger partial charge in [0.25, 0.3) is 0 Å². The van der Waals surface area contributed by atoms with Crippen LogP contribution in [0.2, 0.25) is 0 Å². The Bertz CT molecular complexity index is 343. The molecule has 0 aliphatic rings. The van der Waals surface area contributed by atoms with Gasteiger partial charge in [0.2, 0.25) is 0 Å². The van der Waals surface area contributed by atoms with E-state index >= 15 is 0 Å². The van der Waals surface area contributed by atoms with Crippen LogP contribution in [0.25, 0.3) is 0 Å². The van der Waals surface area contributed by atoms with Crippen LogP contribution in [-0.4, -0.2) is 68.3 Å². The molecule has 0 aliphatic carbocycles. The number of sulfone groups is 1. The number of aliphatic hydroxyl groups is 1. The first-order valence-corrected chi connectivity index (χ1v) is 7.83. The van der Waals surface area contributed by atoms with E-state index in [1.165, 1.54) is 0 Å². The van der Waals surface area contributed by atoms with Crippen molar-refractivity contribution < 1.29 is 13.5 Å². The van der Waals surface area contributed by atoms with Crippen LogP contribution < -0.4 is 5.32 Å². The van der Waals surface area contributed by atoms with Crippen molar-refractivity contribution in [2.45, 2.75) is 38.0 Å². The molecule has 18 heavy (non-hydrogen) atoms. The smallest absolute Gasteiger partial charge is 0.156 e. The minimum atomic E-state index is -3.09. The summed E-state index contributed by atoms with van der Waals surface area (Å²) in [5.74, 6) is 0.0918. The zero-order chi connectivity index (χ0) is 14.6. The van der Waals surface area contributed by atoms with Gasteiger partial charge in [-0.05, 0) is 41.8 Å². The lowest BCUT2D eigenvalue weighted by molar-refractivity contribution is 0.0344. The molecule has 0 aromatic heterocycles. The lowest BCUT2D eigenvalue weighted by atomic mass is 10.1. The predicted octanol–water partition coefficient (Wildman–Crippen LogP) is 0.102. The highest BCUT2D eigenvalue weighted by Gasteiger charge is 2.28. The average Bonchev–Trinajstić information content (AvgIpc) is 2.08. The summed E-state index contributed by atoms with van der Waals surface area (Å²) in [6.45, 7) is 8.11. The van der Waals surface area contributed by atoms with Gasteiger partial charge in [-0.2, -0.15) is 0 Å². The average molecular weight is 280 g/mol. The van der Waals surface area contributed by atoms with E-state index in [4.69, 9.17) is 0 Å². The third kappa shape index (κ3) is 6.68. The number of hydrogen-bond donors (Lipinski definition) is 2. The molecule has 0 bridgehead atoms. The molecule has 0 radical (unpaired) electrons. The molecule has 0 aliphatic heterocycles. The van der Waals surface area contributed by atoms with Gasteiger partial charge in [-0.15, -0.1) is 0 Å². The first-order valence-electron chi connectivity index (χ1n) is 6.17. The van der Waals surface area contributed by atoms with Gasteiger partial charge in [-0.25, -0.2) is 8.42 Å². The fourth-order valence-corrected chi connectivity index (χ4v) is 2.63. The van der Waals surface area contributed by atoms with E-state index in [0.29, 0.717) is 19.6 Å². The molecule has 1 atom stereocenters. The Labute approximate surface area is 111 Å². The lowest BCUT2D eigenvalue weighted by Crippen LogP contribution is -2.46. The van der Waals surface area contributed by atoms with Gasteiger partial charge in [0.15, 0.2) is 9.84 Å². The largest absolute Gasteiger partial charge is 0.388 e. The zero-order valence-electron chi connectivity index (χ0n) is 12.4. The number of rotatable bonds is 7. The Morgan fingerprint density at radius 3 is 2.06 bits per heavy atom. The second-order valence-corrected chi connectivity index (χ2v) is 9.21. The quantitative estimate of drug-likeness (QED) is 0.648. The number of hydrogen-bond acceptors (Lipinski definition) is 5. The molecule has 0 heterocycles. The highest BCUT2D eigenvalue weighted by atomic mass is 32.2. The molecular weight excluding hydrogens is 252 g/mol. The fourth-order valence-electron chi connectivity index (χ4n) is 1.61. The molecule has 0 saturated carbocycles. The van der Waals surface area contributed by atoms with Gasteiger partial charge in [0.1, 0.15) is 0 Å². The SMILES string of the molecule is CN(C)CC(C)(O)CNCCS(=O)(=O)C(C)(C)C. The third-order valence-electron chi connectivity index (χ3n) is 2.64.